The summed E-state index contributed by atoms with van der Waals surface area (Å²) in [5.41, 5.74) is -1.76. The molecule has 2 fully saturated rings. The number of aromatic amines is 1. The Balaban J connectivity index is 1.23. The van der Waals surface area contributed by atoms with Crippen LogP contribution in [0.25, 0.3) is 0 Å². The van der Waals surface area contributed by atoms with Gasteiger partial charge >= 0.3 is 6.18 Å². The van der Waals surface area contributed by atoms with Crippen LogP contribution in [0.5, 0.6) is 0 Å². The van der Waals surface area contributed by atoms with Crippen LogP contribution >= 0.6 is 0 Å². The summed E-state index contributed by atoms with van der Waals surface area (Å²) in [6.07, 6.45) is -3.48. The Kier molecular flexibility index (Phi) is 6.40. The van der Waals surface area contributed by atoms with Crippen molar-refractivity contribution >= 4 is 11.7 Å². The fourth-order valence-corrected chi connectivity index (χ4v) is 5.20. The monoisotopic (exact) mass is 503 g/mol. The first-order valence-corrected chi connectivity index (χ1v) is 11.7. The molecule has 2 aliphatic heterocycles. The number of nitriles is 1. The highest BCUT2D eigenvalue weighted by Crippen LogP contribution is 2.40. The molecule has 5 rings (SSSR count). The molecule has 1 amide bonds. The van der Waals surface area contributed by atoms with Crippen molar-refractivity contribution in [1.29, 1.82) is 5.26 Å². The number of anilines is 1. The zero-order valence-corrected chi connectivity index (χ0v) is 19.3. The summed E-state index contributed by atoms with van der Waals surface area (Å²) >= 11 is 0. The number of nitrogens with zero attached hydrogens (tertiary/aromatic N) is 6. The Morgan fingerprint density at radius 1 is 1.19 bits per heavy atom. The second kappa shape index (κ2) is 9.51. The molecule has 0 radical (unpaired) electrons. The van der Waals surface area contributed by atoms with Gasteiger partial charge in [-0.25, -0.2) is 10.1 Å². The number of aromatic nitrogens is 3. The lowest BCUT2D eigenvalue weighted by Gasteiger charge is -2.40. The predicted octanol–water partition coefficient (Wildman–Crippen LogP) is 1.09. The quantitative estimate of drug-likeness (QED) is 0.662. The lowest BCUT2D eigenvalue weighted by Crippen LogP contribution is -2.56. The molecule has 0 spiro atoms. The van der Waals surface area contributed by atoms with Gasteiger partial charge in [-0.05, 0) is 30.5 Å². The van der Waals surface area contributed by atoms with Crippen molar-refractivity contribution < 1.29 is 22.7 Å². The molecule has 2 saturated heterocycles. The number of carbonyl (C=O) groups excluding carboxylic acids is 1. The maximum absolute atomic E-state index is 13.5. The van der Waals surface area contributed by atoms with Crippen molar-refractivity contribution in [2.45, 2.75) is 31.2 Å². The predicted molar refractivity (Wildman–Crippen MR) is 120 cm³/mol. The van der Waals surface area contributed by atoms with Gasteiger partial charge in [0.25, 0.3) is 11.5 Å². The molecule has 3 aliphatic rings. The van der Waals surface area contributed by atoms with Crippen LogP contribution in [-0.2, 0) is 22.1 Å². The zero-order chi connectivity index (χ0) is 25.4. The van der Waals surface area contributed by atoms with Crippen LogP contribution in [0.1, 0.15) is 34.8 Å². The Morgan fingerprint density at radius 3 is 2.64 bits per heavy atom. The second-order valence-corrected chi connectivity index (χ2v) is 9.03. The fourth-order valence-electron chi connectivity index (χ4n) is 5.20. The molecule has 2 atom stereocenters. The van der Waals surface area contributed by atoms with E-state index in [1.807, 2.05) is 21.0 Å². The number of hydrogen-bond donors (Lipinski definition) is 1. The van der Waals surface area contributed by atoms with Crippen LogP contribution in [0.3, 0.4) is 0 Å². The summed E-state index contributed by atoms with van der Waals surface area (Å²) in [7, 11) is 0. The third kappa shape index (κ3) is 4.54. The number of pyridine rings is 1. The molecule has 1 unspecified atom stereocenters. The lowest BCUT2D eigenvalue weighted by atomic mass is 10.1. The number of rotatable bonds is 3. The summed E-state index contributed by atoms with van der Waals surface area (Å²) in [5, 5.41) is 14.9. The van der Waals surface area contributed by atoms with E-state index in [0.29, 0.717) is 44.7 Å². The average molecular weight is 503 g/mol. The van der Waals surface area contributed by atoms with E-state index in [-0.39, 0.29) is 36.7 Å². The zero-order valence-electron chi connectivity index (χ0n) is 19.3. The summed E-state index contributed by atoms with van der Waals surface area (Å²) in [6, 6.07) is 5.10. The maximum Gasteiger partial charge on any atom is 0.422 e. The van der Waals surface area contributed by atoms with E-state index < -0.39 is 29.4 Å². The number of alkyl halides is 3. The smallest absolute Gasteiger partial charge is 0.366 e. The number of piperazine rings is 1. The topological polar surface area (TPSA) is 118 Å². The number of amides is 1. The minimum absolute atomic E-state index is 0.0573. The number of hydrogen-bond acceptors (Lipinski definition) is 8. The van der Waals surface area contributed by atoms with Crippen molar-refractivity contribution in [2.24, 2.45) is 0 Å². The van der Waals surface area contributed by atoms with Crippen LogP contribution in [-0.4, -0.2) is 82.9 Å². The first kappa shape index (κ1) is 24.2. The fraction of sp³-hybridized carbons (Fsp3) is 0.522. The van der Waals surface area contributed by atoms with Gasteiger partial charge in [-0.1, -0.05) is 0 Å². The van der Waals surface area contributed by atoms with Gasteiger partial charge in [-0.2, -0.15) is 23.5 Å². The number of H-pyrrole nitrogens is 1. The highest BCUT2D eigenvalue weighted by atomic mass is 19.4. The highest BCUT2D eigenvalue weighted by molar-refractivity contribution is 5.81. The summed E-state index contributed by atoms with van der Waals surface area (Å²) in [5.74, 6) is 0.584. The van der Waals surface area contributed by atoms with E-state index in [1.54, 1.807) is 17.0 Å². The molecule has 2 aromatic rings. The SMILES string of the molecule is N#Cc1ccc(N2CCN(C(=O)[C@H]3CN(C4CCc5c4n[nH]c(=O)c5C(F)(F)F)CCO3)CC2)nc1. The van der Waals surface area contributed by atoms with E-state index >= 15 is 0 Å². The molecule has 0 aromatic carbocycles. The number of nitrogens with one attached hydrogen (secondary N) is 1. The second-order valence-electron chi connectivity index (χ2n) is 9.03. The molecular formula is C23H24F3N7O3. The van der Waals surface area contributed by atoms with Gasteiger partial charge in [0.05, 0.1) is 23.9 Å². The Hall–Kier alpha value is -3.50. The van der Waals surface area contributed by atoms with Crippen LogP contribution in [0.15, 0.2) is 23.1 Å². The molecule has 13 heteroatoms. The van der Waals surface area contributed by atoms with Crippen molar-refractivity contribution in [3.8, 4) is 6.07 Å². The van der Waals surface area contributed by atoms with Gasteiger partial charge in [0.15, 0.2) is 0 Å². The molecule has 10 nitrogen and oxygen atoms in total. The molecule has 0 bridgehead atoms. The number of ether oxygens (including phenoxy) is 1. The van der Waals surface area contributed by atoms with Gasteiger partial charge in [0.2, 0.25) is 0 Å². The van der Waals surface area contributed by atoms with Gasteiger partial charge in [-0.3, -0.25) is 14.5 Å². The minimum atomic E-state index is -4.76. The molecular weight excluding hydrogens is 479 g/mol. The van der Waals surface area contributed by atoms with Crippen LogP contribution in [0, 0.1) is 11.3 Å². The van der Waals surface area contributed by atoms with Crippen LogP contribution < -0.4 is 10.5 Å². The number of carbonyl (C=O) groups is 1. The minimum Gasteiger partial charge on any atom is -0.366 e. The third-order valence-electron chi connectivity index (χ3n) is 6.99. The van der Waals surface area contributed by atoms with Gasteiger partial charge in [-0.15, -0.1) is 0 Å². The number of halogens is 3. The Morgan fingerprint density at radius 2 is 1.97 bits per heavy atom. The molecule has 0 saturated carbocycles. The number of fused-ring (bicyclic) bond motifs is 1. The van der Waals surface area contributed by atoms with Crippen molar-refractivity contribution in [2.75, 3.05) is 50.8 Å². The van der Waals surface area contributed by atoms with E-state index in [0.717, 1.165) is 5.82 Å². The van der Waals surface area contributed by atoms with Crippen LogP contribution in [0.4, 0.5) is 19.0 Å². The van der Waals surface area contributed by atoms with E-state index in [4.69, 9.17) is 10.00 Å². The van der Waals surface area contributed by atoms with E-state index in [2.05, 4.69) is 10.1 Å². The molecule has 36 heavy (non-hydrogen) atoms. The summed E-state index contributed by atoms with van der Waals surface area (Å²) in [4.78, 5) is 35.0. The molecule has 4 heterocycles. The van der Waals surface area contributed by atoms with Gasteiger partial charge in [0, 0.05) is 45.5 Å². The first-order valence-electron chi connectivity index (χ1n) is 11.7. The Bertz CT molecular complexity index is 1230. The van der Waals surface area contributed by atoms with Gasteiger partial charge in [0.1, 0.15) is 23.6 Å². The van der Waals surface area contributed by atoms with E-state index in [1.165, 1.54) is 6.20 Å². The first-order chi connectivity index (χ1) is 17.3. The largest absolute Gasteiger partial charge is 0.422 e. The van der Waals surface area contributed by atoms with Gasteiger partial charge < -0.3 is 14.5 Å². The average Bonchev–Trinajstić information content (AvgIpc) is 3.31. The van der Waals surface area contributed by atoms with Crippen LogP contribution in [0.2, 0.25) is 0 Å². The molecule has 1 N–H and O–H groups in total. The van der Waals surface area contributed by atoms with E-state index in [9.17, 15) is 22.8 Å². The molecule has 1 aliphatic carbocycles. The molecule has 190 valence electrons. The molecule has 2 aromatic heterocycles. The Labute approximate surface area is 204 Å². The normalized spacial score (nSPS) is 22.8. The summed E-state index contributed by atoms with van der Waals surface area (Å²) in [6.45, 7) is 3.07. The number of morpholine rings is 1. The maximum atomic E-state index is 13.5. The van der Waals surface area contributed by atoms with Crippen molar-refractivity contribution in [3.05, 3.63) is 51.1 Å². The van der Waals surface area contributed by atoms with Crippen molar-refractivity contribution in [3.63, 3.8) is 0 Å². The van der Waals surface area contributed by atoms with Crippen molar-refractivity contribution in [1.82, 2.24) is 25.0 Å². The standard InChI is InChI=1S/C23H24F3N7O3/c24-23(25,26)19-15-2-3-16(20(15)29-30-21(19)34)33-9-10-36-17(13-33)22(35)32-7-5-31(6-8-32)18-4-1-14(11-27)12-28-18/h1,4,12,16-17H,2-3,5-10,13H2,(H,30,34)/t16?,17-/m1/s1. The summed E-state index contributed by atoms with van der Waals surface area (Å²) < 4.78 is 46.2. The third-order valence-corrected chi connectivity index (χ3v) is 6.99. The highest BCUT2D eigenvalue weighted by Gasteiger charge is 2.43. The lowest BCUT2D eigenvalue weighted by molar-refractivity contribution is -0.151.